The molecule has 1 aromatic heterocycles. The first-order valence-corrected chi connectivity index (χ1v) is 9.60. The maximum Gasteiger partial charge on any atom is 0.251 e. The Hall–Kier alpha value is -2.55. The van der Waals surface area contributed by atoms with Crippen LogP contribution in [0.4, 0.5) is 0 Å². The van der Waals surface area contributed by atoms with Gasteiger partial charge in [0.15, 0.2) is 5.96 Å². The van der Waals surface area contributed by atoms with E-state index in [1.807, 2.05) is 36.4 Å². The number of aliphatic imine (C=N–C) groups is 1. The number of H-pyrrole nitrogens is 1. The molecule has 0 spiro atoms. The monoisotopic (exact) mass is 505 g/mol. The Kier molecular flexibility index (Phi) is 9.49. The van der Waals surface area contributed by atoms with Crippen LogP contribution < -0.4 is 16.0 Å². The summed E-state index contributed by atoms with van der Waals surface area (Å²) in [6, 6.07) is 17.6. The fraction of sp³-hybridized carbons (Fsp3) is 0.273. The third-order valence-electron chi connectivity index (χ3n) is 4.55. The molecule has 154 valence electrons. The number of fused-ring (bicyclic) bond motifs is 1. The first kappa shape index (κ1) is 22.7. The lowest BCUT2D eigenvalue weighted by atomic mass is 10.1. The number of amides is 1. The van der Waals surface area contributed by atoms with Gasteiger partial charge in [-0.05, 0) is 36.6 Å². The molecule has 29 heavy (non-hydrogen) atoms. The normalized spacial score (nSPS) is 11.0. The Bertz CT molecular complexity index is 923. The number of halogens is 1. The van der Waals surface area contributed by atoms with Gasteiger partial charge in [-0.2, -0.15) is 0 Å². The number of aromatic amines is 1. The van der Waals surface area contributed by atoms with Crippen molar-refractivity contribution in [1.29, 1.82) is 0 Å². The molecule has 0 aliphatic rings. The van der Waals surface area contributed by atoms with Gasteiger partial charge in [0.05, 0.1) is 0 Å². The molecule has 0 fully saturated rings. The summed E-state index contributed by atoms with van der Waals surface area (Å²) in [4.78, 5) is 19.5. The van der Waals surface area contributed by atoms with Crippen molar-refractivity contribution in [1.82, 2.24) is 20.9 Å². The average Bonchev–Trinajstić information content (AvgIpc) is 3.16. The zero-order valence-corrected chi connectivity index (χ0v) is 18.9. The van der Waals surface area contributed by atoms with Crippen molar-refractivity contribution >= 4 is 46.7 Å². The summed E-state index contributed by atoms with van der Waals surface area (Å²) < 4.78 is 0. The van der Waals surface area contributed by atoms with E-state index in [0.29, 0.717) is 12.1 Å². The quantitative estimate of drug-likeness (QED) is 0.164. The molecule has 0 aliphatic heterocycles. The molecule has 3 aromatic rings. The summed E-state index contributed by atoms with van der Waals surface area (Å²) in [6.07, 6.45) is 3.80. The van der Waals surface area contributed by atoms with E-state index in [1.165, 1.54) is 10.9 Å². The number of benzene rings is 2. The average molecular weight is 505 g/mol. The maximum atomic E-state index is 12.0. The lowest BCUT2D eigenvalue weighted by Crippen LogP contribution is -2.39. The Labute approximate surface area is 188 Å². The molecule has 1 heterocycles. The zero-order valence-electron chi connectivity index (χ0n) is 16.6. The van der Waals surface area contributed by atoms with Gasteiger partial charge in [0.1, 0.15) is 0 Å². The van der Waals surface area contributed by atoms with E-state index >= 15 is 0 Å². The summed E-state index contributed by atoms with van der Waals surface area (Å²) in [5.41, 5.74) is 3.14. The number of nitrogens with one attached hydrogen (secondary N) is 4. The van der Waals surface area contributed by atoms with Crippen molar-refractivity contribution in [3.8, 4) is 0 Å². The molecule has 7 heteroatoms. The highest BCUT2D eigenvalue weighted by atomic mass is 127. The first-order chi connectivity index (χ1) is 13.8. The summed E-state index contributed by atoms with van der Waals surface area (Å²) in [7, 11) is 1.76. The van der Waals surface area contributed by atoms with Gasteiger partial charge in [-0.3, -0.25) is 9.79 Å². The summed E-state index contributed by atoms with van der Waals surface area (Å²) in [5.74, 6) is 0.732. The minimum Gasteiger partial charge on any atom is -0.361 e. The van der Waals surface area contributed by atoms with E-state index in [4.69, 9.17) is 0 Å². The SMILES string of the molecule is CN=C(NCCCNC(=O)c1ccccc1)NCCc1c[nH]c2ccccc12.I. The van der Waals surface area contributed by atoms with Crippen LogP contribution in [-0.4, -0.2) is 43.5 Å². The van der Waals surface area contributed by atoms with Crippen molar-refractivity contribution < 1.29 is 4.79 Å². The van der Waals surface area contributed by atoms with E-state index in [1.54, 1.807) is 7.05 Å². The van der Waals surface area contributed by atoms with Gasteiger partial charge >= 0.3 is 0 Å². The van der Waals surface area contributed by atoms with Crippen LogP contribution in [0.5, 0.6) is 0 Å². The van der Waals surface area contributed by atoms with Crippen LogP contribution in [0.2, 0.25) is 0 Å². The van der Waals surface area contributed by atoms with Gasteiger partial charge in [0.2, 0.25) is 0 Å². The number of para-hydroxylation sites is 1. The minimum atomic E-state index is -0.0400. The van der Waals surface area contributed by atoms with Gasteiger partial charge in [0.25, 0.3) is 5.91 Å². The highest BCUT2D eigenvalue weighted by Gasteiger charge is 2.04. The molecule has 2 aromatic carbocycles. The first-order valence-electron chi connectivity index (χ1n) is 9.60. The Morgan fingerprint density at radius 1 is 0.931 bits per heavy atom. The van der Waals surface area contributed by atoms with Gasteiger partial charge in [-0.1, -0.05) is 36.4 Å². The number of hydrogen-bond donors (Lipinski definition) is 4. The van der Waals surface area contributed by atoms with E-state index in [0.717, 1.165) is 37.4 Å². The van der Waals surface area contributed by atoms with Crippen molar-refractivity contribution in [2.45, 2.75) is 12.8 Å². The highest BCUT2D eigenvalue weighted by molar-refractivity contribution is 14.0. The van der Waals surface area contributed by atoms with Crippen molar-refractivity contribution in [2.75, 3.05) is 26.7 Å². The number of carbonyl (C=O) groups excluding carboxylic acids is 1. The number of nitrogens with zero attached hydrogens (tertiary/aromatic N) is 1. The molecule has 6 nitrogen and oxygen atoms in total. The van der Waals surface area contributed by atoms with Crippen LogP contribution in [-0.2, 0) is 6.42 Å². The molecule has 0 aliphatic carbocycles. The second kappa shape index (κ2) is 12.1. The second-order valence-corrected chi connectivity index (χ2v) is 6.51. The van der Waals surface area contributed by atoms with Gasteiger partial charge in [-0.15, -0.1) is 24.0 Å². The molecule has 0 saturated heterocycles. The second-order valence-electron chi connectivity index (χ2n) is 6.51. The van der Waals surface area contributed by atoms with Crippen LogP contribution in [0.25, 0.3) is 10.9 Å². The highest BCUT2D eigenvalue weighted by Crippen LogP contribution is 2.17. The molecule has 3 rings (SSSR count). The Balaban J connectivity index is 0.00000300. The van der Waals surface area contributed by atoms with Crippen LogP contribution >= 0.6 is 24.0 Å². The Morgan fingerprint density at radius 3 is 2.41 bits per heavy atom. The van der Waals surface area contributed by atoms with Crippen LogP contribution in [0.3, 0.4) is 0 Å². The summed E-state index contributed by atoms with van der Waals surface area (Å²) in [6.45, 7) is 2.15. The predicted octanol–water partition coefficient (Wildman–Crippen LogP) is 3.31. The van der Waals surface area contributed by atoms with Gasteiger partial charge in [0, 0.05) is 49.3 Å². The predicted molar refractivity (Wildman–Crippen MR) is 130 cm³/mol. The Morgan fingerprint density at radius 2 is 1.62 bits per heavy atom. The number of aromatic nitrogens is 1. The molecular weight excluding hydrogens is 477 g/mol. The van der Waals surface area contributed by atoms with E-state index < -0.39 is 0 Å². The summed E-state index contributed by atoms with van der Waals surface area (Å²) in [5, 5.41) is 10.8. The van der Waals surface area contributed by atoms with E-state index in [2.05, 4.69) is 50.3 Å². The van der Waals surface area contributed by atoms with Crippen LogP contribution in [0.1, 0.15) is 22.3 Å². The molecule has 1 amide bonds. The van der Waals surface area contributed by atoms with Crippen molar-refractivity contribution in [3.63, 3.8) is 0 Å². The van der Waals surface area contributed by atoms with Crippen LogP contribution in [0.15, 0.2) is 65.8 Å². The lowest BCUT2D eigenvalue weighted by Gasteiger charge is -2.12. The zero-order chi connectivity index (χ0) is 19.6. The molecule has 0 radical (unpaired) electrons. The molecule has 0 saturated carbocycles. The molecule has 0 bridgehead atoms. The third-order valence-corrected chi connectivity index (χ3v) is 4.55. The lowest BCUT2D eigenvalue weighted by molar-refractivity contribution is 0.0953. The number of rotatable bonds is 8. The molecule has 0 unspecified atom stereocenters. The maximum absolute atomic E-state index is 12.0. The van der Waals surface area contributed by atoms with Gasteiger partial charge in [-0.25, -0.2) is 0 Å². The van der Waals surface area contributed by atoms with Crippen LogP contribution in [0, 0.1) is 0 Å². The molecular formula is C22H28IN5O. The summed E-state index contributed by atoms with van der Waals surface area (Å²) >= 11 is 0. The topological polar surface area (TPSA) is 81.3 Å². The fourth-order valence-corrected chi connectivity index (χ4v) is 3.06. The third kappa shape index (κ3) is 6.77. The minimum absolute atomic E-state index is 0. The fourth-order valence-electron chi connectivity index (χ4n) is 3.06. The number of guanidine groups is 1. The standard InChI is InChI=1S/C22H27N5O.HI/c1-23-22(25-14-7-13-24-21(28)17-8-3-2-4-9-17)26-15-12-18-16-27-20-11-6-5-10-19(18)20;/h2-6,8-11,16,27H,7,12-15H2,1H3,(H,24,28)(H2,23,25,26);1H. The smallest absolute Gasteiger partial charge is 0.251 e. The van der Waals surface area contributed by atoms with Gasteiger partial charge < -0.3 is 20.9 Å². The van der Waals surface area contributed by atoms with E-state index in [-0.39, 0.29) is 29.9 Å². The molecule has 0 atom stereocenters. The van der Waals surface area contributed by atoms with Crippen molar-refractivity contribution in [2.24, 2.45) is 4.99 Å². The number of hydrogen-bond acceptors (Lipinski definition) is 2. The van der Waals surface area contributed by atoms with Crippen molar-refractivity contribution in [3.05, 3.63) is 71.9 Å². The number of carbonyl (C=O) groups is 1. The van der Waals surface area contributed by atoms with E-state index in [9.17, 15) is 4.79 Å². The molecule has 4 N–H and O–H groups in total. The largest absolute Gasteiger partial charge is 0.361 e.